The average molecular weight is 251 g/mol. The van der Waals surface area contributed by atoms with Gasteiger partial charge in [0.25, 0.3) is 5.69 Å². The van der Waals surface area contributed by atoms with Gasteiger partial charge in [-0.3, -0.25) is 10.1 Å². The maximum absolute atomic E-state index is 10.9. The highest BCUT2D eigenvalue weighted by molar-refractivity contribution is 5.64. The highest BCUT2D eigenvalue weighted by atomic mass is 16.6. The van der Waals surface area contributed by atoms with E-state index in [1.54, 1.807) is 12.1 Å². The third-order valence-corrected chi connectivity index (χ3v) is 3.16. The van der Waals surface area contributed by atoms with Crippen LogP contribution in [0.15, 0.2) is 18.2 Å². The first kappa shape index (κ1) is 12.6. The second kappa shape index (κ2) is 5.22. The Morgan fingerprint density at radius 1 is 1.61 bits per heavy atom. The summed E-state index contributed by atoms with van der Waals surface area (Å²) in [6, 6.07) is 4.68. The molecule has 6 nitrogen and oxygen atoms in total. The lowest BCUT2D eigenvalue weighted by Crippen LogP contribution is -2.31. The van der Waals surface area contributed by atoms with Crippen LogP contribution in [0.4, 0.5) is 11.4 Å². The average Bonchev–Trinajstić information content (AvgIpc) is 3.19. The molecule has 6 heteroatoms. The number of nitrogens with two attached hydrogens (primary N) is 1. The van der Waals surface area contributed by atoms with Gasteiger partial charge in [0.1, 0.15) is 11.4 Å². The molecule has 1 unspecified atom stereocenters. The van der Waals surface area contributed by atoms with E-state index in [0.29, 0.717) is 23.9 Å². The summed E-state index contributed by atoms with van der Waals surface area (Å²) in [6.45, 7) is 0.540. The Hall–Kier alpha value is -1.82. The molecule has 1 aliphatic rings. The molecule has 98 valence electrons. The fourth-order valence-electron chi connectivity index (χ4n) is 1.86. The fraction of sp³-hybridized carbons (Fsp3) is 0.500. The summed E-state index contributed by atoms with van der Waals surface area (Å²) in [7, 11) is 1.53. The van der Waals surface area contributed by atoms with E-state index in [1.165, 1.54) is 13.2 Å². The van der Waals surface area contributed by atoms with Crippen LogP contribution in [0.25, 0.3) is 0 Å². The van der Waals surface area contributed by atoms with Crippen LogP contribution < -0.4 is 15.8 Å². The third-order valence-electron chi connectivity index (χ3n) is 3.16. The van der Waals surface area contributed by atoms with E-state index in [0.717, 1.165) is 12.8 Å². The molecule has 0 radical (unpaired) electrons. The normalized spacial score (nSPS) is 16.1. The van der Waals surface area contributed by atoms with E-state index in [4.69, 9.17) is 10.5 Å². The number of nitro benzene ring substituents is 1. The fourth-order valence-corrected chi connectivity index (χ4v) is 1.86. The quantitative estimate of drug-likeness (QED) is 0.593. The molecule has 0 spiro atoms. The maximum atomic E-state index is 10.9. The number of hydrogen-bond acceptors (Lipinski definition) is 5. The molecule has 0 aliphatic heterocycles. The van der Waals surface area contributed by atoms with Crippen molar-refractivity contribution in [3.05, 3.63) is 28.3 Å². The molecule has 0 aromatic heterocycles. The molecule has 0 amide bonds. The Balaban J connectivity index is 2.09. The topological polar surface area (TPSA) is 90.4 Å². The molecule has 1 aliphatic carbocycles. The van der Waals surface area contributed by atoms with Crippen molar-refractivity contribution in [2.24, 2.45) is 11.7 Å². The minimum Gasteiger partial charge on any atom is -0.497 e. The van der Waals surface area contributed by atoms with Gasteiger partial charge < -0.3 is 15.8 Å². The van der Waals surface area contributed by atoms with Gasteiger partial charge >= 0.3 is 0 Å². The molecule has 2 rings (SSSR count). The van der Waals surface area contributed by atoms with Crippen LogP contribution >= 0.6 is 0 Å². The Morgan fingerprint density at radius 2 is 2.33 bits per heavy atom. The Kier molecular flexibility index (Phi) is 3.66. The van der Waals surface area contributed by atoms with Crippen molar-refractivity contribution in [1.82, 2.24) is 0 Å². The number of hydrogen-bond donors (Lipinski definition) is 2. The van der Waals surface area contributed by atoms with Gasteiger partial charge in [0.2, 0.25) is 0 Å². The molecule has 0 heterocycles. The van der Waals surface area contributed by atoms with Crippen molar-refractivity contribution in [2.75, 3.05) is 19.0 Å². The van der Waals surface area contributed by atoms with Crippen LogP contribution in [0.3, 0.4) is 0 Å². The first-order chi connectivity index (χ1) is 8.61. The molecule has 1 atom stereocenters. The molecule has 1 fully saturated rings. The Labute approximate surface area is 105 Å². The first-order valence-electron chi connectivity index (χ1n) is 5.93. The lowest BCUT2D eigenvalue weighted by molar-refractivity contribution is -0.384. The van der Waals surface area contributed by atoms with E-state index in [-0.39, 0.29) is 11.7 Å². The van der Waals surface area contributed by atoms with Gasteiger partial charge in [0.15, 0.2) is 0 Å². The van der Waals surface area contributed by atoms with Crippen LogP contribution in [-0.2, 0) is 0 Å². The number of anilines is 1. The standard InChI is InChI=1S/C12H17N3O3/c1-18-9-4-5-12(15(16)17)11(6-9)14-7-10(13)8-2-3-8/h4-6,8,10,14H,2-3,7,13H2,1H3. The maximum Gasteiger partial charge on any atom is 0.292 e. The molecule has 0 bridgehead atoms. The zero-order valence-corrected chi connectivity index (χ0v) is 10.3. The molecule has 18 heavy (non-hydrogen) atoms. The molecule has 1 aromatic rings. The van der Waals surface area contributed by atoms with Crippen LogP contribution in [0, 0.1) is 16.0 Å². The van der Waals surface area contributed by atoms with Crippen molar-refractivity contribution >= 4 is 11.4 Å². The summed E-state index contributed by atoms with van der Waals surface area (Å²) in [4.78, 5) is 10.5. The van der Waals surface area contributed by atoms with E-state index in [2.05, 4.69) is 5.32 Å². The van der Waals surface area contributed by atoms with Crippen molar-refractivity contribution in [3.8, 4) is 5.75 Å². The van der Waals surface area contributed by atoms with Gasteiger partial charge in [0, 0.05) is 24.7 Å². The summed E-state index contributed by atoms with van der Waals surface area (Å²) >= 11 is 0. The van der Waals surface area contributed by atoms with Crippen LogP contribution in [0.5, 0.6) is 5.75 Å². The largest absolute Gasteiger partial charge is 0.497 e. The molecular weight excluding hydrogens is 234 g/mol. The minimum atomic E-state index is -0.412. The number of nitro groups is 1. The second-order valence-corrected chi connectivity index (χ2v) is 4.52. The highest BCUT2D eigenvalue weighted by Crippen LogP contribution is 2.33. The van der Waals surface area contributed by atoms with E-state index in [9.17, 15) is 10.1 Å². The van der Waals surface area contributed by atoms with Crippen molar-refractivity contribution in [3.63, 3.8) is 0 Å². The predicted octanol–water partition coefficient (Wildman–Crippen LogP) is 1.75. The van der Waals surface area contributed by atoms with Gasteiger partial charge in [-0.15, -0.1) is 0 Å². The van der Waals surface area contributed by atoms with Crippen molar-refractivity contribution in [1.29, 1.82) is 0 Å². The summed E-state index contributed by atoms with van der Waals surface area (Å²) < 4.78 is 5.06. The van der Waals surface area contributed by atoms with Crippen LogP contribution in [0.1, 0.15) is 12.8 Å². The van der Waals surface area contributed by atoms with Gasteiger partial charge in [-0.25, -0.2) is 0 Å². The number of nitrogens with zero attached hydrogens (tertiary/aromatic N) is 1. The van der Waals surface area contributed by atoms with Crippen molar-refractivity contribution < 1.29 is 9.66 Å². The molecular formula is C12H17N3O3. The highest BCUT2D eigenvalue weighted by Gasteiger charge is 2.28. The Bertz CT molecular complexity index is 446. The summed E-state index contributed by atoms with van der Waals surface area (Å²) in [5.74, 6) is 1.14. The number of rotatable bonds is 6. The van der Waals surface area contributed by atoms with E-state index >= 15 is 0 Å². The second-order valence-electron chi connectivity index (χ2n) is 4.52. The zero-order valence-electron chi connectivity index (χ0n) is 10.3. The zero-order chi connectivity index (χ0) is 13.1. The molecule has 1 saturated carbocycles. The Morgan fingerprint density at radius 3 is 2.89 bits per heavy atom. The number of methoxy groups -OCH3 is 1. The SMILES string of the molecule is COc1ccc([N+](=O)[O-])c(NCC(N)C2CC2)c1. The van der Waals surface area contributed by atoms with Crippen molar-refractivity contribution in [2.45, 2.75) is 18.9 Å². The number of ether oxygens (including phenoxy) is 1. The molecule has 0 saturated heterocycles. The monoisotopic (exact) mass is 251 g/mol. The molecule has 3 N–H and O–H groups in total. The summed E-state index contributed by atoms with van der Waals surface area (Å²) in [6.07, 6.45) is 2.31. The van der Waals surface area contributed by atoms with Gasteiger partial charge in [-0.2, -0.15) is 0 Å². The van der Waals surface area contributed by atoms with Gasteiger partial charge in [-0.05, 0) is 24.8 Å². The summed E-state index contributed by atoms with van der Waals surface area (Å²) in [5.41, 5.74) is 6.45. The molecule has 1 aromatic carbocycles. The number of benzene rings is 1. The number of nitrogens with one attached hydrogen (secondary N) is 1. The lowest BCUT2D eigenvalue weighted by Gasteiger charge is -2.13. The van der Waals surface area contributed by atoms with E-state index in [1.807, 2.05) is 0 Å². The van der Waals surface area contributed by atoms with Gasteiger partial charge in [-0.1, -0.05) is 0 Å². The van der Waals surface area contributed by atoms with E-state index < -0.39 is 4.92 Å². The minimum absolute atomic E-state index is 0.0406. The summed E-state index contributed by atoms with van der Waals surface area (Å²) in [5, 5.41) is 13.9. The van der Waals surface area contributed by atoms with Crippen LogP contribution in [-0.4, -0.2) is 24.6 Å². The smallest absolute Gasteiger partial charge is 0.292 e. The van der Waals surface area contributed by atoms with Crippen LogP contribution in [0.2, 0.25) is 0 Å². The predicted molar refractivity (Wildman–Crippen MR) is 68.8 cm³/mol. The lowest BCUT2D eigenvalue weighted by atomic mass is 10.2. The van der Waals surface area contributed by atoms with Gasteiger partial charge in [0.05, 0.1) is 12.0 Å². The third kappa shape index (κ3) is 2.89. The first-order valence-corrected chi connectivity index (χ1v) is 5.93.